The number of carboxylic acids is 1. The Kier molecular flexibility index (Phi) is 6.92. The van der Waals surface area contributed by atoms with Crippen LogP contribution in [0.15, 0.2) is 73.3 Å². The van der Waals surface area contributed by atoms with E-state index in [0.29, 0.717) is 40.5 Å². The van der Waals surface area contributed by atoms with Crippen LogP contribution in [0.3, 0.4) is 0 Å². The minimum absolute atomic E-state index is 0.0965. The van der Waals surface area contributed by atoms with Gasteiger partial charge in [-0.1, -0.05) is 11.6 Å². The van der Waals surface area contributed by atoms with Crippen molar-refractivity contribution in [1.29, 1.82) is 0 Å². The van der Waals surface area contributed by atoms with E-state index in [9.17, 15) is 14.4 Å². The van der Waals surface area contributed by atoms with Gasteiger partial charge in [0.25, 0.3) is 5.91 Å². The predicted octanol–water partition coefficient (Wildman–Crippen LogP) is 3.19. The largest absolute Gasteiger partial charge is 0.478 e. The lowest BCUT2D eigenvalue weighted by molar-refractivity contribution is -0.135. The van der Waals surface area contributed by atoms with Crippen molar-refractivity contribution in [2.24, 2.45) is 0 Å². The van der Waals surface area contributed by atoms with Crippen molar-refractivity contribution in [2.75, 3.05) is 11.9 Å². The van der Waals surface area contributed by atoms with Gasteiger partial charge in [-0.2, -0.15) is 4.68 Å². The second-order valence-electron chi connectivity index (χ2n) is 8.42. The SMILES string of the molecule is O=C(O)c1ccc(NC(=O)C2c3cnccc3CCN2C(=O)/C=C/c2cc(Cl)ccc2-n2cnnn2)cc1. The number of aromatic nitrogens is 5. The lowest BCUT2D eigenvalue weighted by Crippen LogP contribution is -2.44. The second-order valence-corrected chi connectivity index (χ2v) is 8.86. The van der Waals surface area contributed by atoms with Gasteiger partial charge in [-0.15, -0.1) is 5.10 Å². The number of fused-ring (bicyclic) bond motifs is 1. The molecule has 2 aromatic heterocycles. The van der Waals surface area contributed by atoms with Crippen LogP contribution in [0.5, 0.6) is 0 Å². The molecule has 12 heteroatoms. The van der Waals surface area contributed by atoms with Crippen molar-refractivity contribution in [2.45, 2.75) is 12.5 Å². The van der Waals surface area contributed by atoms with Crippen LogP contribution < -0.4 is 5.32 Å². The number of carbonyl (C=O) groups excluding carboxylic acids is 2. The third-order valence-corrected chi connectivity index (χ3v) is 6.33. The van der Waals surface area contributed by atoms with Gasteiger partial charge in [-0.05, 0) is 77.0 Å². The van der Waals surface area contributed by atoms with Crippen LogP contribution in [0.1, 0.15) is 33.1 Å². The Morgan fingerprint density at radius 3 is 2.66 bits per heavy atom. The van der Waals surface area contributed by atoms with E-state index in [-0.39, 0.29) is 11.5 Å². The third kappa shape index (κ3) is 5.13. The molecule has 38 heavy (non-hydrogen) atoms. The number of hydrogen-bond acceptors (Lipinski definition) is 7. The van der Waals surface area contributed by atoms with E-state index in [4.69, 9.17) is 16.7 Å². The molecule has 4 aromatic rings. The Hall–Kier alpha value is -4.90. The Morgan fingerprint density at radius 2 is 1.92 bits per heavy atom. The van der Waals surface area contributed by atoms with Crippen LogP contribution in [0.2, 0.25) is 5.02 Å². The predicted molar refractivity (Wildman–Crippen MR) is 138 cm³/mol. The maximum atomic E-state index is 13.5. The first-order valence-electron chi connectivity index (χ1n) is 11.5. The van der Waals surface area contributed by atoms with Crippen LogP contribution in [0.4, 0.5) is 5.69 Å². The van der Waals surface area contributed by atoms with Crippen molar-refractivity contribution in [3.63, 3.8) is 0 Å². The Labute approximate surface area is 221 Å². The molecule has 0 fully saturated rings. The summed E-state index contributed by atoms with van der Waals surface area (Å²) in [6, 6.07) is 11.8. The molecule has 1 aliphatic heterocycles. The second kappa shape index (κ2) is 10.6. The van der Waals surface area contributed by atoms with E-state index in [1.807, 2.05) is 6.07 Å². The number of carboxylic acid groups (broad SMARTS) is 1. The zero-order valence-electron chi connectivity index (χ0n) is 19.7. The number of tetrazole rings is 1. The van der Waals surface area contributed by atoms with Gasteiger partial charge in [0, 0.05) is 46.9 Å². The number of aromatic carboxylic acids is 1. The van der Waals surface area contributed by atoms with E-state index >= 15 is 0 Å². The summed E-state index contributed by atoms with van der Waals surface area (Å²) >= 11 is 6.18. The molecule has 1 unspecified atom stereocenters. The molecule has 2 N–H and O–H groups in total. The monoisotopic (exact) mass is 529 g/mol. The molecule has 2 aromatic carbocycles. The number of hydrogen-bond donors (Lipinski definition) is 2. The van der Waals surface area contributed by atoms with Gasteiger partial charge in [0.1, 0.15) is 12.4 Å². The molecule has 0 bridgehead atoms. The van der Waals surface area contributed by atoms with Gasteiger partial charge in [-0.3, -0.25) is 14.6 Å². The zero-order chi connectivity index (χ0) is 26.6. The normalized spacial score (nSPS) is 14.8. The van der Waals surface area contributed by atoms with Crippen LogP contribution in [0, 0.1) is 0 Å². The maximum Gasteiger partial charge on any atom is 0.335 e. The van der Waals surface area contributed by atoms with Crippen molar-refractivity contribution in [3.8, 4) is 5.69 Å². The summed E-state index contributed by atoms with van der Waals surface area (Å²) in [4.78, 5) is 43.7. The summed E-state index contributed by atoms with van der Waals surface area (Å²) in [6.45, 7) is 0.311. The van der Waals surface area contributed by atoms with Crippen molar-refractivity contribution in [3.05, 3.63) is 101 Å². The average Bonchev–Trinajstić information content (AvgIpc) is 3.46. The number of amides is 2. The Morgan fingerprint density at radius 1 is 1.11 bits per heavy atom. The van der Waals surface area contributed by atoms with Gasteiger partial charge in [0.15, 0.2) is 0 Å². The lowest BCUT2D eigenvalue weighted by atomic mass is 9.93. The number of rotatable bonds is 6. The number of anilines is 1. The highest BCUT2D eigenvalue weighted by Crippen LogP contribution is 2.31. The van der Waals surface area contributed by atoms with Crippen molar-refractivity contribution < 1.29 is 19.5 Å². The summed E-state index contributed by atoms with van der Waals surface area (Å²) in [5.74, 6) is -1.90. The molecule has 5 rings (SSSR count). The maximum absolute atomic E-state index is 13.5. The van der Waals surface area contributed by atoms with Crippen LogP contribution >= 0.6 is 11.6 Å². The molecule has 0 spiro atoms. The first-order chi connectivity index (χ1) is 18.4. The minimum Gasteiger partial charge on any atom is -0.478 e. The smallest absolute Gasteiger partial charge is 0.335 e. The highest BCUT2D eigenvalue weighted by atomic mass is 35.5. The standard InChI is InChI=1S/C26H20ClN7O4/c27-19-4-7-22(34-15-29-31-32-34)18(13-19)3-8-23(35)33-12-10-16-9-11-28-14-21(16)24(33)25(36)30-20-5-1-17(2-6-20)26(37)38/h1-9,11,13-15,24H,10,12H2,(H,30,36)(H,37,38)/b8-3+. The number of halogens is 1. The van der Waals surface area contributed by atoms with E-state index in [2.05, 4.69) is 25.8 Å². The molecule has 1 atom stereocenters. The first-order valence-corrected chi connectivity index (χ1v) is 11.9. The Bertz CT molecular complexity index is 1540. The lowest BCUT2D eigenvalue weighted by Gasteiger charge is -2.35. The van der Waals surface area contributed by atoms with E-state index < -0.39 is 17.9 Å². The summed E-state index contributed by atoms with van der Waals surface area (Å²) < 4.78 is 1.45. The summed E-state index contributed by atoms with van der Waals surface area (Å²) in [5.41, 5.74) is 3.28. The summed E-state index contributed by atoms with van der Waals surface area (Å²) in [6.07, 6.45) is 8.20. The van der Waals surface area contributed by atoms with Gasteiger partial charge in [0.05, 0.1) is 11.3 Å². The molecule has 1 aliphatic rings. The third-order valence-electron chi connectivity index (χ3n) is 6.10. The summed E-state index contributed by atoms with van der Waals surface area (Å²) in [5, 5.41) is 23.6. The molecule has 190 valence electrons. The number of pyridine rings is 1. The molecule has 0 saturated carbocycles. The molecular weight excluding hydrogens is 510 g/mol. The van der Waals surface area contributed by atoms with Crippen molar-refractivity contribution in [1.82, 2.24) is 30.1 Å². The average molecular weight is 530 g/mol. The number of nitrogens with zero attached hydrogens (tertiary/aromatic N) is 6. The topological polar surface area (TPSA) is 143 Å². The van der Waals surface area contributed by atoms with E-state index in [1.54, 1.807) is 36.7 Å². The van der Waals surface area contributed by atoms with Crippen LogP contribution in [0.25, 0.3) is 11.8 Å². The van der Waals surface area contributed by atoms with Gasteiger partial charge < -0.3 is 15.3 Å². The van der Waals surface area contributed by atoms with Gasteiger partial charge in [0.2, 0.25) is 5.91 Å². The fourth-order valence-corrected chi connectivity index (χ4v) is 4.45. The van der Waals surface area contributed by atoms with E-state index in [1.165, 1.54) is 46.3 Å². The molecule has 0 aliphatic carbocycles. The molecule has 2 amide bonds. The first kappa shape index (κ1) is 24.8. The Balaban J connectivity index is 1.43. The van der Waals surface area contributed by atoms with Crippen LogP contribution in [-0.4, -0.2) is 59.5 Å². The molecule has 11 nitrogen and oxygen atoms in total. The van der Waals surface area contributed by atoms with Crippen LogP contribution in [-0.2, 0) is 16.0 Å². The quantitative estimate of drug-likeness (QED) is 0.362. The molecule has 0 saturated heterocycles. The minimum atomic E-state index is -1.07. The fourth-order valence-electron chi connectivity index (χ4n) is 4.27. The van der Waals surface area contributed by atoms with Crippen molar-refractivity contribution >= 4 is 41.1 Å². The molecule has 0 radical (unpaired) electrons. The molecular formula is C26H20ClN7O4. The number of benzene rings is 2. The summed E-state index contributed by atoms with van der Waals surface area (Å²) in [7, 11) is 0. The fraction of sp³-hybridized carbons (Fsp3) is 0.115. The van der Waals surface area contributed by atoms with Gasteiger partial charge in [-0.25, -0.2) is 4.79 Å². The highest BCUT2D eigenvalue weighted by Gasteiger charge is 2.35. The highest BCUT2D eigenvalue weighted by molar-refractivity contribution is 6.30. The number of nitrogens with one attached hydrogen (secondary N) is 1. The zero-order valence-corrected chi connectivity index (χ0v) is 20.5. The van der Waals surface area contributed by atoms with Gasteiger partial charge >= 0.3 is 5.97 Å². The molecule has 3 heterocycles. The van der Waals surface area contributed by atoms with E-state index in [0.717, 1.165) is 5.56 Å². The number of carbonyl (C=O) groups is 3.